The summed E-state index contributed by atoms with van der Waals surface area (Å²) < 4.78 is 5.25. The van der Waals surface area contributed by atoms with Crippen LogP contribution in [0.2, 0.25) is 0 Å². The molecule has 0 radical (unpaired) electrons. The number of ether oxygens (including phenoxy) is 1. The molecular weight excluding hydrogens is 202 g/mol. The molecule has 0 heterocycles. The van der Waals surface area contributed by atoms with Crippen molar-refractivity contribution in [3.63, 3.8) is 0 Å². The first-order valence-corrected chi connectivity index (χ1v) is 5.77. The van der Waals surface area contributed by atoms with E-state index in [1.807, 2.05) is 12.1 Å². The fourth-order valence-corrected chi connectivity index (χ4v) is 2.11. The first-order valence-electron chi connectivity index (χ1n) is 5.77. The maximum atomic E-state index is 9.21. The molecule has 0 amide bonds. The van der Waals surface area contributed by atoms with E-state index in [4.69, 9.17) is 4.74 Å². The lowest BCUT2D eigenvalue weighted by Crippen LogP contribution is -2.45. The van der Waals surface area contributed by atoms with Crippen molar-refractivity contribution in [2.24, 2.45) is 0 Å². The number of benzene rings is 1. The van der Waals surface area contributed by atoms with Gasteiger partial charge in [-0.15, -0.1) is 0 Å². The van der Waals surface area contributed by atoms with Gasteiger partial charge in [0, 0.05) is 19.2 Å². The fourth-order valence-electron chi connectivity index (χ4n) is 2.11. The molecule has 0 bridgehead atoms. The van der Waals surface area contributed by atoms with Crippen LogP contribution in [0.5, 0.6) is 5.75 Å². The van der Waals surface area contributed by atoms with E-state index >= 15 is 0 Å². The highest BCUT2D eigenvalue weighted by molar-refractivity contribution is 5.27. The van der Waals surface area contributed by atoms with Gasteiger partial charge in [0.15, 0.2) is 0 Å². The topological polar surface area (TPSA) is 41.5 Å². The SMILES string of the molecule is COC1CC(NC(C)c2ccc(O)cc2)C1. The zero-order valence-electron chi connectivity index (χ0n) is 9.81. The van der Waals surface area contributed by atoms with E-state index < -0.39 is 0 Å². The molecule has 3 heteroatoms. The van der Waals surface area contributed by atoms with E-state index in [1.54, 1.807) is 19.2 Å². The number of phenols is 1. The van der Waals surface area contributed by atoms with E-state index in [0.29, 0.717) is 23.9 Å². The quantitative estimate of drug-likeness (QED) is 0.819. The molecule has 16 heavy (non-hydrogen) atoms. The number of hydrogen-bond donors (Lipinski definition) is 2. The van der Waals surface area contributed by atoms with Crippen LogP contribution >= 0.6 is 0 Å². The summed E-state index contributed by atoms with van der Waals surface area (Å²) in [6, 6.07) is 8.26. The van der Waals surface area contributed by atoms with Gasteiger partial charge in [-0.3, -0.25) is 0 Å². The average molecular weight is 221 g/mol. The number of nitrogens with one attached hydrogen (secondary N) is 1. The van der Waals surface area contributed by atoms with Crippen molar-refractivity contribution in [1.82, 2.24) is 5.32 Å². The maximum absolute atomic E-state index is 9.21. The molecule has 1 aromatic carbocycles. The molecule has 2 N–H and O–H groups in total. The van der Waals surface area contributed by atoms with E-state index in [9.17, 15) is 5.11 Å². The Bertz CT molecular complexity index is 330. The highest BCUT2D eigenvalue weighted by atomic mass is 16.5. The Morgan fingerprint density at radius 1 is 1.31 bits per heavy atom. The Balaban J connectivity index is 1.84. The molecule has 1 aliphatic carbocycles. The van der Waals surface area contributed by atoms with Crippen molar-refractivity contribution in [1.29, 1.82) is 0 Å². The summed E-state index contributed by atoms with van der Waals surface area (Å²) in [4.78, 5) is 0. The molecule has 0 spiro atoms. The van der Waals surface area contributed by atoms with Crippen LogP contribution in [0.25, 0.3) is 0 Å². The number of rotatable bonds is 4. The second kappa shape index (κ2) is 4.85. The lowest BCUT2D eigenvalue weighted by atomic mass is 9.88. The molecule has 88 valence electrons. The van der Waals surface area contributed by atoms with Crippen LogP contribution in [0.4, 0.5) is 0 Å². The van der Waals surface area contributed by atoms with Crippen molar-refractivity contribution in [3.8, 4) is 5.75 Å². The van der Waals surface area contributed by atoms with Crippen LogP contribution in [-0.4, -0.2) is 24.4 Å². The summed E-state index contributed by atoms with van der Waals surface area (Å²) in [7, 11) is 1.77. The third-order valence-electron chi connectivity index (χ3n) is 3.31. The Morgan fingerprint density at radius 2 is 1.94 bits per heavy atom. The first kappa shape index (κ1) is 11.4. The van der Waals surface area contributed by atoms with Crippen molar-refractivity contribution in [2.45, 2.75) is 38.0 Å². The second-order valence-electron chi connectivity index (χ2n) is 4.51. The van der Waals surface area contributed by atoms with Gasteiger partial charge in [0.1, 0.15) is 5.75 Å². The Labute approximate surface area is 96.4 Å². The van der Waals surface area contributed by atoms with Gasteiger partial charge in [-0.25, -0.2) is 0 Å². The minimum Gasteiger partial charge on any atom is -0.508 e. The molecule has 1 fully saturated rings. The lowest BCUT2D eigenvalue weighted by molar-refractivity contribution is 0.0147. The number of phenolic OH excluding ortho intramolecular Hbond substituents is 1. The van der Waals surface area contributed by atoms with Crippen LogP contribution in [0.1, 0.15) is 31.4 Å². The molecular formula is C13H19NO2. The molecule has 3 nitrogen and oxygen atoms in total. The smallest absolute Gasteiger partial charge is 0.115 e. The van der Waals surface area contributed by atoms with Gasteiger partial charge < -0.3 is 15.2 Å². The standard InChI is InChI=1S/C13H19NO2/c1-9(10-3-5-12(15)6-4-10)14-11-7-13(8-11)16-2/h3-6,9,11,13-15H,7-8H2,1-2H3. The Morgan fingerprint density at radius 3 is 2.50 bits per heavy atom. The highest BCUT2D eigenvalue weighted by Crippen LogP contribution is 2.26. The first-order chi connectivity index (χ1) is 7.69. The molecule has 0 aliphatic heterocycles. The van der Waals surface area contributed by atoms with Gasteiger partial charge in [0.05, 0.1) is 6.10 Å². The number of methoxy groups -OCH3 is 1. The fraction of sp³-hybridized carbons (Fsp3) is 0.538. The summed E-state index contributed by atoms with van der Waals surface area (Å²) in [6.07, 6.45) is 2.63. The normalized spacial score (nSPS) is 26.1. The zero-order valence-corrected chi connectivity index (χ0v) is 9.81. The summed E-state index contributed by atoms with van der Waals surface area (Å²) >= 11 is 0. The molecule has 1 aromatic rings. The minimum absolute atomic E-state index is 0.319. The van der Waals surface area contributed by atoms with Crippen molar-refractivity contribution in [2.75, 3.05) is 7.11 Å². The molecule has 0 saturated heterocycles. The summed E-state index contributed by atoms with van der Waals surface area (Å²) in [5.74, 6) is 0.319. The van der Waals surface area contributed by atoms with E-state index in [2.05, 4.69) is 12.2 Å². The molecule has 1 unspecified atom stereocenters. The third kappa shape index (κ3) is 2.54. The van der Waals surface area contributed by atoms with Crippen molar-refractivity contribution < 1.29 is 9.84 Å². The van der Waals surface area contributed by atoms with Gasteiger partial charge >= 0.3 is 0 Å². The van der Waals surface area contributed by atoms with Gasteiger partial charge in [-0.05, 0) is 37.5 Å². The van der Waals surface area contributed by atoms with E-state index in [0.717, 1.165) is 12.8 Å². The Hall–Kier alpha value is -1.06. The Kier molecular flexibility index (Phi) is 3.46. The van der Waals surface area contributed by atoms with Crippen molar-refractivity contribution in [3.05, 3.63) is 29.8 Å². The molecule has 1 saturated carbocycles. The highest BCUT2D eigenvalue weighted by Gasteiger charge is 2.29. The average Bonchev–Trinajstić information content (AvgIpc) is 2.23. The summed E-state index contributed by atoms with van der Waals surface area (Å²) in [5.41, 5.74) is 1.21. The summed E-state index contributed by atoms with van der Waals surface area (Å²) in [5, 5.41) is 12.8. The zero-order chi connectivity index (χ0) is 11.5. The summed E-state index contributed by atoms with van der Waals surface area (Å²) in [6.45, 7) is 2.15. The van der Waals surface area contributed by atoms with E-state index in [-0.39, 0.29) is 0 Å². The van der Waals surface area contributed by atoms with Crippen LogP contribution in [0, 0.1) is 0 Å². The predicted octanol–water partition coefficient (Wildman–Crippen LogP) is 2.22. The van der Waals surface area contributed by atoms with Crippen LogP contribution < -0.4 is 5.32 Å². The van der Waals surface area contributed by atoms with Gasteiger partial charge in [-0.2, -0.15) is 0 Å². The maximum Gasteiger partial charge on any atom is 0.115 e. The van der Waals surface area contributed by atoms with E-state index in [1.165, 1.54) is 5.56 Å². The van der Waals surface area contributed by atoms with Crippen LogP contribution in [0.3, 0.4) is 0 Å². The van der Waals surface area contributed by atoms with Crippen LogP contribution in [0.15, 0.2) is 24.3 Å². The predicted molar refractivity (Wildman–Crippen MR) is 63.5 cm³/mol. The third-order valence-corrected chi connectivity index (χ3v) is 3.31. The van der Waals surface area contributed by atoms with Gasteiger partial charge in [-0.1, -0.05) is 12.1 Å². The van der Waals surface area contributed by atoms with Crippen molar-refractivity contribution >= 4 is 0 Å². The molecule has 2 rings (SSSR count). The van der Waals surface area contributed by atoms with Crippen LogP contribution in [-0.2, 0) is 4.74 Å². The monoisotopic (exact) mass is 221 g/mol. The number of hydrogen-bond acceptors (Lipinski definition) is 3. The lowest BCUT2D eigenvalue weighted by Gasteiger charge is -2.36. The van der Waals surface area contributed by atoms with Gasteiger partial charge in [0.25, 0.3) is 0 Å². The minimum atomic E-state index is 0.319. The second-order valence-corrected chi connectivity index (χ2v) is 4.51. The largest absolute Gasteiger partial charge is 0.508 e. The van der Waals surface area contributed by atoms with Gasteiger partial charge in [0.2, 0.25) is 0 Å². The molecule has 0 aromatic heterocycles. The molecule has 1 aliphatic rings. The molecule has 1 atom stereocenters. The number of aromatic hydroxyl groups is 1.